The van der Waals surface area contributed by atoms with E-state index in [9.17, 15) is 14.4 Å². The first-order valence-corrected chi connectivity index (χ1v) is 10.4. The molecule has 160 valence electrons. The van der Waals surface area contributed by atoms with Crippen molar-refractivity contribution < 1.29 is 23.5 Å². The number of amides is 2. The van der Waals surface area contributed by atoms with Crippen LogP contribution in [0.3, 0.4) is 0 Å². The second-order valence-corrected chi connectivity index (χ2v) is 7.60. The number of carbonyl (C=O) groups excluding carboxylic acids is 3. The zero-order chi connectivity index (χ0) is 21.7. The Hall–Kier alpha value is -3.09. The van der Waals surface area contributed by atoms with Gasteiger partial charge in [0, 0.05) is 18.3 Å². The van der Waals surface area contributed by atoms with E-state index in [0.717, 1.165) is 31.2 Å². The molecule has 0 spiro atoms. The van der Waals surface area contributed by atoms with Gasteiger partial charge in [0.15, 0.2) is 11.9 Å². The number of likely N-dealkylation sites (tertiary alicyclic amines) is 1. The van der Waals surface area contributed by atoms with Gasteiger partial charge < -0.3 is 19.4 Å². The van der Waals surface area contributed by atoms with Crippen LogP contribution in [-0.2, 0) is 9.53 Å². The molecular formula is C23H28N2O5. The van der Waals surface area contributed by atoms with Crippen LogP contribution in [0.15, 0.2) is 41.0 Å². The fourth-order valence-electron chi connectivity index (χ4n) is 3.70. The van der Waals surface area contributed by atoms with Gasteiger partial charge in [0.2, 0.25) is 0 Å². The number of esters is 1. The van der Waals surface area contributed by atoms with Gasteiger partial charge in [0.1, 0.15) is 0 Å². The number of aryl methyl sites for hydroxylation is 1. The second-order valence-electron chi connectivity index (χ2n) is 7.60. The molecule has 1 aromatic carbocycles. The summed E-state index contributed by atoms with van der Waals surface area (Å²) in [5.74, 6) is -0.996. The number of hydrogen-bond acceptors (Lipinski definition) is 5. The Morgan fingerprint density at radius 3 is 2.77 bits per heavy atom. The van der Waals surface area contributed by atoms with Gasteiger partial charge in [-0.3, -0.25) is 9.59 Å². The molecule has 7 heteroatoms. The van der Waals surface area contributed by atoms with Crippen LogP contribution in [0.1, 0.15) is 66.0 Å². The molecule has 1 aliphatic rings. The Kier molecular flexibility index (Phi) is 6.92. The summed E-state index contributed by atoms with van der Waals surface area (Å²) in [6.45, 7) is 6.19. The molecule has 3 rings (SSSR count). The number of nitrogens with one attached hydrogen (secondary N) is 1. The molecule has 0 saturated carbocycles. The highest BCUT2D eigenvalue weighted by Crippen LogP contribution is 2.22. The molecule has 1 saturated heterocycles. The van der Waals surface area contributed by atoms with E-state index in [-0.39, 0.29) is 23.3 Å². The summed E-state index contributed by atoms with van der Waals surface area (Å²) in [5.41, 5.74) is 1.53. The predicted molar refractivity (Wildman–Crippen MR) is 112 cm³/mol. The van der Waals surface area contributed by atoms with E-state index < -0.39 is 18.0 Å². The SMILES string of the molecule is CC[C@@H]1CCCCN1C(=O)[C@@H](C)OC(=O)c1ccc(C)c(NC(=O)c2ccco2)c1. The molecule has 1 fully saturated rings. The van der Waals surface area contributed by atoms with Crippen LogP contribution in [-0.4, -0.2) is 41.4 Å². The Morgan fingerprint density at radius 1 is 1.27 bits per heavy atom. The van der Waals surface area contributed by atoms with Crippen molar-refractivity contribution in [3.8, 4) is 0 Å². The summed E-state index contributed by atoms with van der Waals surface area (Å²) in [7, 11) is 0. The molecule has 2 atom stereocenters. The standard InChI is InChI=1S/C23H28N2O5/c1-4-18-8-5-6-12-25(18)22(27)16(3)30-23(28)17-11-10-15(2)19(14-17)24-21(26)20-9-7-13-29-20/h7,9-11,13-14,16,18H,4-6,8,12H2,1-3H3,(H,24,26)/t16-,18-/m1/s1. The summed E-state index contributed by atoms with van der Waals surface area (Å²) in [6, 6.07) is 8.27. The number of furan rings is 1. The van der Waals surface area contributed by atoms with Gasteiger partial charge >= 0.3 is 5.97 Å². The number of nitrogens with zero attached hydrogens (tertiary/aromatic N) is 1. The highest BCUT2D eigenvalue weighted by molar-refractivity contribution is 6.03. The van der Waals surface area contributed by atoms with Crippen molar-refractivity contribution in [3.63, 3.8) is 0 Å². The van der Waals surface area contributed by atoms with Crippen molar-refractivity contribution in [3.05, 3.63) is 53.5 Å². The maximum Gasteiger partial charge on any atom is 0.338 e. The quantitative estimate of drug-likeness (QED) is 0.719. The van der Waals surface area contributed by atoms with Crippen molar-refractivity contribution in [2.45, 2.75) is 58.6 Å². The maximum absolute atomic E-state index is 12.8. The molecule has 2 aromatic rings. The third-order valence-electron chi connectivity index (χ3n) is 5.48. The average Bonchev–Trinajstić information content (AvgIpc) is 3.29. The van der Waals surface area contributed by atoms with Crippen molar-refractivity contribution in [1.29, 1.82) is 0 Å². The minimum absolute atomic E-state index is 0.159. The first-order chi connectivity index (χ1) is 14.4. The molecule has 7 nitrogen and oxygen atoms in total. The highest BCUT2D eigenvalue weighted by atomic mass is 16.5. The minimum Gasteiger partial charge on any atom is -0.459 e. The first kappa shape index (κ1) is 21.6. The molecule has 0 bridgehead atoms. The van der Waals surface area contributed by atoms with E-state index in [0.29, 0.717) is 12.2 Å². The van der Waals surface area contributed by atoms with Gasteiger partial charge in [0.25, 0.3) is 11.8 Å². The van der Waals surface area contributed by atoms with Crippen LogP contribution in [0.2, 0.25) is 0 Å². The van der Waals surface area contributed by atoms with E-state index in [1.165, 1.54) is 6.26 Å². The van der Waals surface area contributed by atoms with Crippen LogP contribution >= 0.6 is 0 Å². The van der Waals surface area contributed by atoms with Crippen molar-refractivity contribution in [1.82, 2.24) is 4.90 Å². The van der Waals surface area contributed by atoms with E-state index in [1.54, 1.807) is 37.3 Å². The molecule has 1 aliphatic heterocycles. The molecule has 2 heterocycles. The lowest BCUT2D eigenvalue weighted by atomic mass is 9.99. The smallest absolute Gasteiger partial charge is 0.338 e. The Labute approximate surface area is 176 Å². The fraction of sp³-hybridized carbons (Fsp3) is 0.435. The van der Waals surface area contributed by atoms with Crippen molar-refractivity contribution in [2.75, 3.05) is 11.9 Å². The number of anilines is 1. The molecule has 30 heavy (non-hydrogen) atoms. The van der Waals surface area contributed by atoms with E-state index in [4.69, 9.17) is 9.15 Å². The summed E-state index contributed by atoms with van der Waals surface area (Å²) in [5, 5.41) is 2.73. The lowest BCUT2D eigenvalue weighted by Crippen LogP contribution is -2.48. The van der Waals surface area contributed by atoms with Gasteiger partial charge in [-0.2, -0.15) is 0 Å². The van der Waals surface area contributed by atoms with Crippen molar-refractivity contribution >= 4 is 23.5 Å². The van der Waals surface area contributed by atoms with Gasteiger partial charge in [-0.1, -0.05) is 13.0 Å². The molecule has 1 aromatic heterocycles. The van der Waals surface area contributed by atoms with Gasteiger partial charge in [-0.15, -0.1) is 0 Å². The van der Waals surface area contributed by atoms with Crippen LogP contribution in [0.4, 0.5) is 5.69 Å². The molecule has 2 amide bonds. The predicted octanol–water partition coefficient (Wildman–Crippen LogP) is 4.18. The number of ether oxygens (including phenoxy) is 1. The first-order valence-electron chi connectivity index (χ1n) is 10.4. The van der Waals surface area contributed by atoms with Gasteiger partial charge in [-0.05, 0) is 69.4 Å². The minimum atomic E-state index is -0.868. The lowest BCUT2D eigenvalue weighted by Gasteiger charge is -2.36. The lowest BCUT2D eigenvalue weighted by molar-refractivity contribution is -0.143. The molecule has 0 aliphatic carbocycles. The van der Waals surface area contributed by atoms with E-state index >= 15 is 0 Å². The topological polar surface area (TPSA) is 88.9 Å². The normalized spacial score (nSPS) is 17.3. The van der Waals surface area contributed by atoms with Crippen LogP contribution in [0, 0.1) is 6.92 Å². The molecular weight excluding hydrogens is 384 g/mol. The van der Waals surface area contributed by atoms with Crippen molar-refractivity contribution in [2.24, 2.45) is 0 Å². The fourth-order valence-corrected chi connectivity index (χ4v) is 3.70. The summed E-state index contributed by atoms with van der Waals surface area (Å²) in [4.78, 5) is 39.5. The third kappa shape index (κ3) is 4.90. The maximum atomic E-state index is 12.8. The number of hydrogen-bond donors (Lipinski definition) is 1. The van der Waals surface area contributed by atoms with E-state index in [1.807, 2.05) is 11.8 Å². The summed E-state index contributed by atoms with van der Waals surface area (Å²) in [6.07, 6.45) is 4.51. The van der Waals surface area contributed by atoms with Crippen LogP contribution < -0.4 is 5.32 Å². The summed E-state index contributed by atoms with van der Waals surface area (Å²) < 4.78 is 10.5. The van der Waals surface area contributed by atoms with Crippen LogP contribution in [0.25, 0.3) is 0 Å². The largest absolute Gasteiger partial charge is 0.459 e. The average molecular weight is 412 g/mol. The Morgan fingerprint density at radius 2 is 2.07 bits per heavy atom. The molecule has 0 unspecified atom stereocenters. The monoisotopic (exact) mass is 412 g/mol. The number of piperidine rings is 1. The second kappa shape index (κ2) is 9.61. The number of rotatable bonds is 6. The number of benzene rings is 1. The molecule has 0 radical (unpaired) electrons. The van der Waals surface area contributed by atoms with Gasteiger partial charge in [-0.25, -0.2) is 4.79 Å². The zero-order valence-electron chi connectivity index (χ0n) is 17.6. The number of carbonyl (C=O) groups is 3. The van der Waals surface area contributed by atoms with E-state index in [2.05, 4.69) is 12.2 Å². The van der Waals surface area contributed by atoms with Crippen LogP contribution in [0.5, 0.6) is 0 Å². The Balaban J connectivity index is 1.67. The Bertz CT molecular complexity index is 906. The zero-order valence-corrected chi connectivity index (χ0v) is 17.6. The highest BCUT2D eigenvalue weighted by Gasteiger charge is 2.30. The van der Waals surface area contributed by atoms with Gasteiger partial charge in [0.05, 0.1) is 11.8 Å². The summed E-state index contributed by atoms with van der Waals surface area (Å²) >= 11 is 0. The molecule has 1 N–H and O–H groups in total. The third-order valence-corrected chi connectivity index (χ3v) is 5.48.